The molecule has 0 fully saturated rings. The van der Waals surface area contributed by atoms with Gasteiger partial charge in [0.1, 0.15) is 0 Å². The van der Waals surface area contributed by atoms with Crippen LogP contribution in [-0.4, -0.2) is 25.4 Å². The lowest BCUT2D eigenvalue weighted by molar-refractivity contribution is 0.0697. The zero-order valence-corrected chi connectivity index (χ0v) is 11.9. The van der Waals surface area contributed by atoms with Crippen LogP contribution < -0.4 is 16.6 Å². The maximum absolute atomic E-state index is 11.9. The van der Waals surface area contributed by atoms with Crippen molar-refractivity contribution in [2.45, 2.75) is 0 Å². The molecule has 0 saturated carbocycles. The maximum Gasteiger partial charge on any atom is 0.346 e. The summed E-state index contributed by atoms with van der Waals surface area (Å²) < 4.78 is 1.92. The van der Waals surface area contributed by atoms with Gasteiger partial charge in [0.05, 0.1) is 10.6 Å². The summed E-state index contributed by atoms with van der Waals surface area (Å²) in [7, 11) is 2.74. The van der Waals surface area contributed by atoms with Crippen molar-refractivity contribution in [3.8, 4) is 0 Å². The molecule has 1 heterocycles. The molecule has 110 valence electrons. The van der Waals surface area contributed by atoms with E-state index in [1.165, 1.54) is 32.3 Å². The summed E-state index contributed by atoms with van der Waals surface area (Å²) >= 11 is 5.84. The van der Waals surface area contributed by atoms with Gasteiger partial charge < -0.3 is 10.4 Å². The Kier molecular flexibility index (Phi) is 3.81. The molecule has 21 heavy (non-hydrogen) atoms. The fraction of sp³-hybridized carbons (Fsp3) is 0.167. The molecule has 2 N–H and O–H groups in total. The Morgan fingerprint density at radius 1 is 1.33 bits per heavy atom. The number of nitrogens with one attached hydrogen (secondary N) is 1. The Balaban J connectivity index is 2.44. The first-order valence-electron chi connectivity index (χ1n) is 5.75. The number of hydrogen-bond acceptors (Lipinski definition) is 5. The number of carboxylic acid groups (broad SMARTS) is 1. The van der Waals surface area contributed by atoms with Crippen molar-refractivity contribution in [3.63, 3.8) is 0 Å². The van der Waals surface area contributed by atoms with E-state index in [-0.39, 0.29) is 16.4 Å². The van der Waals surface area contributed by atoms with Gasteiger partial charge in [-0.25, -0.2) is 14.3 Å². The molecule has 0 radical (unpaired) electrons. The highest BCUT2D eigenvalue weighted by molar-refractivity contribution is 6.33. The number of carboxylic acids is 1. The van der Waals surface area contributed by atoms with E-state index in [1.54, 1.807) is 0 Å². The second kappa shape index (κ2) is 5.41. The first-order valence-corrected chi connectivity index (χ1v) is 6.13. The van der Waals surface area contributed by atoms with Crippen molar-refractivity contribution >= 4 is 29.1 Å². The van der Waals surface area contributed by atoms with E-state index in [9.17, 15) is 14.4 Å². The number of aromatic nitrogens is 3. The van der Waals surface area contributed by atoms with E-state index >= 15 is 0 Å². The molecule has 0 spiro atoms. The van der Waals surface area contributed by atoms with Crippen LogP contribution in [0.25, 0.3) is 0 Å². The Labute approximate surface area is 123 Å². The second-order valence-electron chi connectivity index (χ2n) is 4.24. The van der Waals surface area contributed by atoms with Gasteiger partial charge in [0.25, 0.3) is 5.56 Å². The molecule has 0 aliphatic heterocycles. The minimum atomic E-state index is -1.15. The molecule has 0 unspecified atom stereocenters. The molecule has 0 saturated heterocycles. The van der Waals surface area contributed by atoms with E-state index in [4.69, 9.17) is 16.7 Å². The van der Waals surface area contributed by atoms with Crippen LogP contribution in [0.1, 0.15) is 10.4 Å². The molecular weight excluding hydrogens is 300 g/mol. The van der Waals surface area contributed by atoms with Gasteiger partial charge in [0, 0.05) is 19.8 Å². The summed E-state index contributed by atoms with van der Waals surface area (Å²) in [5.74, 6) is -1.22. The minimum Gasteiger partial charge on any atom is -0.478 e. The molecule has 1 aromatic carbocycles. The van der Waals surface area contributed by atoms with Gasteiger partial charge in [-0.15, -0.1) is 5.10 Å². The van der Waals surface area contributed by atoms with Crippen LogP contribution in [0.5, 0.6) is 0 Å². The lowest BCUT2D eigenvalue weighted by atomic mass is 10.2. The van der Waals surface area contributed by atoms with Gasteiger partial charge >= 0.3 is 11.7 Å². The molecule has 0 atom stereocenters. The Morgan fingerprint density at radius 2 is 2.00 bits per heavy atom. The SMILES string of the molecule is Cn1nc(Nc2ccc(C(=O)O)c(Cl)c2)c(=O)n(C)c1=O. The van der Waals surface area contributed by atoms with Crippen molar-refractivity contribution in [1.29, 1.82) is 0 Å². The van der Waals surface area contributed by atoms with Gasteiger partial charge in [0.15, 0.2) is 0 Å². The van der Waals surface area contributed by atoms with Gasteiger partial charge in [-0.2, -0.15) is 0 Å². The normalized spacial score (nSPS) is 10.4. The third-order valence-electron chi connectivity index (χ3n) is 2.78. The molecule has 0 bridgehead atoms. The number of carbonyl (C=O) groups is 1. The fourth-order valence-corrected chi connectivity index (χ4v) is 1.94. The number of hydrogen-bond donors (Lipinski definition) is 2. The van der Waals surface area contributed by atoms with Crippen LogP contribution in [0.3, 0.4) is 0 Å². The van der Waals surface area contributed by atoms with Crippen molar-refractivity contribution in [2.24, 2.45) is 14.1 Å². The van der Waals surface area contributed by atoms with Crippen molar-refractivity contribution in [3.05, 3.63) is 49.6 Å². The van der Waals surface area contributed by atoms with Gasteiger partial charge in [-0.05, 0) is 18.2 Å². The van der Waals surface area contributed by atoms with E-state index in [1.807, 2.05) is 0 Å². The number of rotatable bonds is 3. The Hall–Kier alpha value is -2.61. The standard InChI is InChI=1S/C12H11ClN4O4/c1-16-10(18)9(15-17(2)12(16)21)14-6-3-4-7(11(19)20)8(13)5-6/h3-5H,1-2H3,(H,14,15)(H,19,20). The second-order valence-corrected chi connectivity index (χ2v) is 4.65. The van der Waals surface area contributed by atoms with Crippen LogP contribution in [0.4, 0.5) is 11.5 Å². The molecule has 9 heteroatoms. The topological polar surface area (TPSA) is 106 Å². The zero-order valence-electron chi connectivity index (χ0n) is 11.1. The van der Waals surface area contributed by atoms with Crippen LogP contribution in [0.15, 0.2) is 27.8 Å². The number of nitrogens with zero attached hydrogens (tertiary/aromatic N) is 3. The average molecular weight is 311 g/mol. The summed E-state index contributed by atoms with van der Waals surface area (Å²) in [6, 6.07) is 4.11. The third kappa shape index (κ3) is 2.79. The Bertz CT molecular complexity index is 840. The van der Waals surface area contributed by atoms with E-state index in [2.05, 4.69) is 10.4 Å². The molecule has 0 aliphatic rings. The first kappa shape index (κ1) is 14.8. The van der Waals surface area contributed by atoms with Crippen LogP contribution in [0.2, 0.25) is 5.02 Å². The minimum absolute atomic E-state index is 0.0224. The molecule has 2 rings (SSSR count). The highest BCUT2D eigenvalue weighted by Crippen LogP contribution is 2.22. The number of anilines is 2. The summed E-state index contributed by atoms with van der Waals surface area (Å²) in [6.07, 6.45) is 0. The molecule has 1 aromatic heterocycles. The predicted molar refractivity (Wildman–Crippen MR) is 76.4 cm³/mol. The lowest BCUT2D eigenvalue weighted by Crippen LogP contribution is -2.39. The van der Waals surface area contributed by atoms with Crippen molar-refractivity contribution < 1.29 is 9.90 Å². The van der Waals surface area contributed by atoms with E-state index in [0.29, 0.717) is 5.69 Å². The summed E-state index contributed by atoms with van der Waals surface area (Å²) in [4.78, 5) is 34.3. The summed E-state index contributed by atoms with van der Waals surface area (Å²) in [6.45, 7) is 0. The summed E-state index contributed by atoms with van der Waals surface area (Å²) in [5, 5.41) is 15.4. The summed E-state index contributed by atoms with van der Waals surface area (Å²) in [5.41, 5.74) is -0.821. The lowest BCUT2D eigenvalue weighted by Gasteiger charge is -2.09. The van der Waals surface area contributed by atoms with Crippen molar-refractivity contribution in [1.82, 2.24) is 14.3 Å². The monoisotopic (exact) mass is 310 g/mol. The molecule has 0 amide bonds. The molecular formula is C12H11ClN4O4. The van der Waals surface area contributed by atoms with Crippen LogP contribution >= 0.6 is 11.6 Å². The maximum atomic E-state index is 11.9. The first-order chi connectivity index (χ1) is 9.81. The van der Waals surface area contributed by atoms with Gasteiger partial charge in [-0.3, -0.25) is 9.36 Å². The number of aromatic carboxylic acids is 1. The Morgan fingerprint density at radius 3 is 2.57 bits per heavy atom. The zero-order chi connectivity index (χ0) is 15.7. The van der Waals surface area contributed by atoms with Gasteiger partial charge in [0.2, 0.25) is 5.82 Å². The average Bonchev–Trinajstić information content (AvgIpc) is 2.42. The predicted octanol–water partition coefficient (Wildman–Crippen LogP) is 0.574. The van der Waals surface area contributed by atoms with Crippen LogP contribution in [0, 0.1) is 0 Å². The van der Waals surface area contributed by atoms with Crippen LogP contribution in [-0.2, 0) is 14.1 Å². The fourth-order valence-electron chi connectivity index (χ4n) is 1.68. The van der Waals surface area contributed by atoms with E-state index in [0.717, 1.165) is 9.25 Å². The van der Waals surface area contributed by atoms with Gasteiger partial charge in [-0.1, -0.05) is 11.6 Å². The number of benzene rings is 1. The molecule has 0 aliphatic carbocycles. The third-order valence-corrected chi connectivity index (χ3v) is 3.10. The van der Waals surface area contributed by atoms with E-state index < -0.39 is 17.2 Å². The molecule has 8 nitrogen and oxygen atoms in total. The molecule has 2 aromatic rings. The van der Waals surface area contributed by atoms with Crippen molar-refractivity contribution in [2.75, 3.05) is 5.32 Å². The largest absolute Gasteiger partial charge is 0.478 e. The smallest absolute Gasteiger partial charge is 0.346 e. The number of halogens is 1. The quantitative estimate of drug-likeness (QED) is 0.858. The highest BCUT2D eigenvalue weighted by Gasteiger charge is 2.12. The number of aryl methyl sites for hydroxylation is 1. The highest BCUT2D eigenvalue weighted by atomic mass is 35.5.